The van der Waals surface area contributed by atoms with E-state index in [-0.39, 0.29) is 5.91 Å². The van der Waals surface area contributed by atoms with E-state index in [0.29, 0.717) is 21.8 Å². The molecule has 2 rings (SSSR count). The van der Waals surface area contributed by atoms with E-state index in [1.54, 1.807) is 18.2 Å². The van der Waals surface area contributed by atoms with Crippen LogP contribution in [-0.2, 0) is 4.79 Å². The van der Waals surface area contributed by atoms with E-state index in [2.05, 4.69) is 5.32 Å². The minimum Gasteiger partial charge on any atom is -0.353 e. The molecular formula is C15H19Cl2NOS. The molecule has 20 heavy (non-hydrogen) atoms. The summed E-state index contributed by atoms with van der Waals surface area (Å²) >= 11 is 13.4. The Morgan fingerprint density at radius 2 is 1.90 bits per heavy atom. The maximum Gasteiger partial charge on any atom is 0.230 e. The third-order valence-corrected chi connectivity index (χ3v) is 5.20. The molecular weight excluding hydrogens is 313 g/mol. The fourth-order valence-corrected chi connectivity index (χ4v) is 3.73. The number of thioether (sulfide) groups is 1. The van der Waals surface area contributed by atoms with E-state index in [1.807, 2.05) is 0 Å². The average molecular weight is 332 g/mol. The van der Waals surface area contributed by atoms with Gasteiger partial charge in [0, 0.05) is 16.0 Å². The topological polar surface area (TPSA) is 29.1 Å². The van der Waals surface area contributed by atoms with Crippen molar-refractivity contribution in [2.24, 2.45) is 0 Å². The summed E-state index contributed by atoms with van der Waals surface area (Å²) in [5.74, 6) is 0.467. The molecule has 0 radical (unpaired) electrons. The molecule has 0 unspecified atom stereocenters. The monoisotopic (exact) mass is 331 g/mol. The van der Waals surface area contributed by atoms with Gasteiger partial charge >= 0.3 is 0 Å². The van der Waals surface area contributed by atoms with Crippen molar-refractivity contribution in [2.75, 3.05) is 5.75 Å². The maximum absolute atomic E-state index is 12.0. The summed E-state index contributed by atoms with van der Waals surface area (Å²) in [7, 11) is 0. The van der Waals surface area contributed by atoms with Crippen molar-refractivity contribution in [3.8, 4) is 0 Å². The molecule has 1 saturated carbocycles. The SMILES string of the molecule is O=C(CSc1cc(Cl)ccc1Cl)NC1CCCCCC1. The Hall–Kier alpha value is -0.380. The molecule has 1 fully saturated rings. The largest absolute Gasteiger partial charge is 0.353 e. The molecule has 1 amide bonds. The van der Waals surface area contributed by atoms with Crippen molar-refractivity contribution in [2.45, 2.75) is 49.5 Å². The average Bonchev–Trinajstić information content (AvgIpc) is 2.68. The molecule has 0 atom stereocenters. The Labute approximate surface area is 134 Å². The zero-order valence-corrected chi connectivity index (χ0v) is 13.7. The molecule has 0 spiro atoms. The Morgan fingerprint density at radius 3 is 2.60 bits per heavy atom. The first-order chi connectivity index (χ1) is 9.65. The van der Waals surface area contributed by atoms with Gasteiger partial charge in [0.15, 0.2) is 0 Å². The van der Waals surface area contributed by atoms with Crippen molar-refractivity contribution in [1.82, 2.24) is 5.32 Å². The molecule has 110 valence electrons. The lowest BCUT2D eigenvalue weighted by atomic mass is 10.1. The van der Waals surface area contributed by atoms with E-state index in [9.17, 15) is 4.79 Å². The lowest BCUT2D eigenvalue weighted by Gasteiger charge is -2.16. The lowest BCUT2D eigenvalue weighted by molar-refractivity contribution is -0.119. The highest BCUT2D eigenvalue weighted by Crippen LogP contribution is 2.29. The van der Waals surface area contributed by atoms with E-state index in [1.165, 1.54) is 37.4 Å². The van der Waals surface area contributed by atoms with Gasteiger partial charge in [-0.1, -0.05) is 48.9 Å². The predicted octanol–water partition coefficient (Wildman–Crippen LogP) is 4.92. The van der Waals surface area contributed by atoms with Gasteiger partial charge in [0.05, 0.1) is 10.8 Å². The number of hydrogen-bond acceptors (Lipinski definition) is 2. The summed E-state index contributed by atoms with van der Waals surface area (Å²) in [6, 6.07) is 5.66. The molecule has 0 aliphatic heterocycles. The second-order valence-electron chi connectivity index (χ2n) is 5.12. The fraction of sp³-hybridized carbons (Fsp3) is 0.533. The van der Waals surface area contributed by atoms with Crippen molar-refractivity contribution < 1.29 is 4.79 Å². The highest BCUT2D eigenvalue weighted by atomic mass is 35.5. The number of carbonyl (C=O) groups is 1. The Bertz CT molecular complexity index is 459. The fourth-order valence-electron chi connectivity index (χ4n) is 2.42. The third-order valence-electron chi connectivity index (χ3n) is 3.47. The summed E-state index contributed by atoms with van der Waals surface area (Å²) < 4.78 is 0. The van der Waals surface area contributed by atoms with Crippen LogP contribution in [0.2, 0.25) is 10.0 Å². The van der Waals surface area contributed by atoms with Crippen molar-refractivity contribution in [3.63, 3.8) is 0 Å². The van der Waals surface area contributed by atoms with Gasteiger partial charge in [0.25, 0.3) is 0 Å². The van der Waals surface area contributed by atoms with Crippen LogP contribution in [0.25, 0.3) is 0 Å². The Kier molecular flexibility index (Phi) is 6.53. The molecule has 5 heteroatoms. The van der Waals surface area contributed by atoms with Gasteiger partial charge < -0.3 is 5.32 Å². The van der Waals surface area contributed by atoms with Gasteiger partial charge in [-0.05, 0) is 31.0 Å². The number of rotatable bonds is 4. The highest BCUT2D eigenvalue weighted by molar-refractivity contribution is 8.00. The quantitative estimate of drug-likeness (QED) is 0.626. The first-order valence-corrected chi connectivity index (χ1v) is 8.76. The van der Waals surface area contributed by atoms with Gasteiger partial charge in [-0.25, -0.2) is 0 Å². The lowest BCUT2D eigenvalue weighted by Crippen LogP contribution is -2.35. The standard InChI is InChI=1S/C15H19Cl2NOS/c16-11-7-8-13(17)14(9-11)20-10-15(19)18-12-5-3-1-2-4-6-12/h7-9,12H,1-6,10H2,(H,18,19). The van der Waals surface area contributed by atoms with Gasteiger partial charge in [-0.2, -0.15) is 0 Å². The summed E-state index contributed by atoms with van der Waals surface area (Å²) in [5.41, 5.74) is 0. The molecule has 1 aliphatic carbocycles. The summed E-state index contributed by atoms with van der Waals surface area (Å²) in [6.45, 7) is 0. The van der Waals surface area contributed by atoms with Crippen LogP contribution in [0.5, 0.6) is 0 Å². The Morgan fingerprint density at radius 1 is 1.20 bits per heavy atom. The van der Waals surface area contributed by atoms with Gasteiger partial charge in [0.2, 0.25) is 5.91 Å². The van der Waals surface area contributed by atoms with Crippen LogP contribution in [0, 0.1) is 0 Å². The van der Waals surface area contributed by atoms with Crippen LogP contribution in [-0.4, -0.2) is 17.7 Å². The van der Waals surface area contributed by atoms with Crippen LogP contribution in [0.3, 0.4) is 0 Å². The number of amides is 1. The van der Waals surface area contributed by atoms with E-state index in [0.717, 1.165) is 17.7 Å². The molecule has 0 heterocycles. The molecule has 1 aromatic carbocycles. The summed E-state index contributed by atoms with van der Waals surface area (Å²) in [4.78, 5) is 12.8. The molecule has 0 saturated heterocycles. The number of hydrogen-bond donors (Lipinski definition) is 1. The molecule has 2 nitrogen and oxygen atoms in total. The number of nitrogens with one attached hydrogen (secondary N) is 1. The van der Waals surface area contributed by atoms with Crippen LogP contribution in [0.15, 0.2) is 23.1 Å². The summed E-state index contributed by atoms with van der Waals surface area (Å²) in [6.07, 6.45) is 7.23. The van der Waals surface area contributed by atoms with Crippen LogP contribution >= 0.6 is 35.0 Å². The van der Waals surface area contributed by atoms with Crippen LogP contribution < -0.4 is 5.32 Å². The highest BCUT2D eigenvalue weighted by Gasteiger charge is 2.15. The zero-order chi connectivity index (χ0) is 14.4. The molecule has 1 aromatic rings. The maximum atomic E-state index is 12.0. The van der Waals surface area contributed by atoms with Crippen molar-refractivity contribution in [3.05, 3.63) is 28.2 Å². The first kappa shape index (κ1) is 16.0. The molecule has 1 N–H and O–H groups in total. The number of halogens is 2. The van der Waals surface area contributed by atoms with E-state index >= 15 is 0 Å². The smallest absolute Gasteiger partial charge is 0.230 e. The molecule has 0 bridgehead atoms. The minimum absolute atomic E-state index is 0.0814. The second-order valence-corrected chi connectivity index (χ2v) is 6.98. The molecule has 1 aliphatic rings. The normalized spacial score (nSPS) is 16.7. The number of benzene rings is 1. The van der Waals surface area contributed by atoms with Crippen LogP contribution in [0.1, 0.15) is 38.5 Å². The van der Waals surface area contributed by atoms with Crippen molar-refractivity contribution >= 4 is 40.9 Å². The van der Waals surface area contributed by atoms with E-state index in [4.69, 9.17) is 23.2 Å². The Balaban J connectivity index is 1.81. The first-order valence-electron chi connectivity index (χ1n) is 7.02. The van der Waals surface area contributed by atoms with Crippen LogP contribution in [0.4, 0.5) is 0 Å². The predicted molar refractivity (Wildman–Crippen MR) is 86.8 cm³/mol. The molecule has 0 aromatic heterocycles. The number of carbonyl (C=O) groups excluding carboxylic acids is 1. The van der Waals surface area contributed by atoms with Gasteiger partial charge in [-0.15, -0.1) is 11.8 Å². The second kappa shape index (κ2) is 8.16. The van der Waals surface area contributed by atoms with Crippen molar-refractivity contribution in [1.29, 1.82) is 0 Å². The summed E-state index contributed by atoms with van der Waals surface area (Å²) in [5, 5.41) is 4.41. The van der Waals surface area contributed by atoms with Gasteiger partial charge in [-0.3, -0.25) is 4.79 Å². The van der Waals surface area contributed by atoms with E-state index < -0.39 is 0 Å². The zero-order valence-electron chi connectivity index (χ0n) is 11.3. The van der Waals surface area contributed by atoms with Gasteiger partial charge in [0.1, 0.15) is 0 Å². The third kappa shape index (κ3) is 5.19. The minimum atomic E-state index is 0.0814.